The fraction of sp³-hybridized carbons (Fsp3) is 0.500. The molecular weight excluding hydrogens is 288 g/mol. The maximum Gasteiger partial charge on any atom is 0.119 e. The third kappa shape index (κ3) is 3.96. The highest BCUT2D eigenvalue weighted by atomic mass is 79.9. The first-order valence-corrected chi connectivity index (χ1v) is 6.29. The predicted molar refractivity (Wildman–Crippen MR) is 66.2 cm³/mol. The summed E-state index contributed by atoms with van der Waals surface area (Å²) in [6.45, 7) is 1.37. The first kappa shape index (κ1) is 12.8. The lowest BCUT2D eigenvalue weighted by Gasteiger charge is -2.28. The van der Waals surface area contributed by atoms with Crippen LogP contribution in [0.4, 0.5) is 0 Å². The van der Waals surface area contributed by atoms with E-state index in [0.29, 0.717) is 19.8 Å². The molecule has 1 fully saturated rings. The molecule has 0 aliphatic carbocycles. The average molecular weight is 303 g/mol. The molecule has 0 bridgehead atoms. The van der Waals surface area contributed by atoms with Crippen molar-refractivity contribution in [3.8, 4) is 5.75 Å². The van der Waals surface area contributed by atoms with Crippen LogP contribution in [0.5, 0.6) is 5.75 Å². The van der Waals surface area contributed by atoms with Crippen LogP contribution in [0.15, 0.2) is 28.7 Å². The van der Waals surface area contributed by atoms with Gasteiger partial charge in [0.25, 0.3) is 0 Å². The quantitative estimate of drug-likeness (QED) is 0.918. The minimum Gasteiger partial charge on any atom is -0.491 e. The van der Waals surface area contributed by atoms with Gasteiger partial charge in [0.2, 0.25) is 0 Å². The van der Waals surface area contributed by atoms with Crippen molar-refractivity contribution in [3.63, 3.8) is 0 Å². The number of benzene rings is 1. The molecule has 1 aliphatic heterocycles. The van der Waals surface area contributed by atoms with E-state index >= 15 is 0 Å². The van der Waals surface area contributed by atoms with E-state index in [2.05, 4.69) is 15.9 Å². The van der Waals surface area contributed by atoms with Crippen LogP contribution >= 0.6 is 15.9 Å². The van der Waals surface area contributed by atoms with Crippen molar-refractivity contribution in [1.82, 2.24) is 0 Å². The minimum absolute atomic E-state index is 0.0191. The smallest absolute Gasteiger partial charge is 0.119 e. The minimum atomic E-state index is -0.234. The van der Waals surface area contributed by atoms with Gasteiger partial charge >= 0.3 is 0 Å². The van der Waals surface area contributed by atoms with Gasteiger partial charge in [-0.15, -0.1) is 0 Å². The van der Waals surface area contributed by atoms with Gasteiger partial charge in [-0.3, -0.25) is 0 Å². The van der Waals surface area contributed by atoms with Gasteiger partial charge in [0.1, 0.15) is 24.6 Å². The van der Waals surface area contributed by atoms with Gasteiger partial charge < -0.3 is 19.3 Å². The Morgan fingerprint density at radius 2 is 1.94 bits per heavy atom. The molecule has 0 amide bonds. The SMILES string of the molecule is OC[C@H]1COC[C@@H](COc2ccc(Br)cc2)O1. The largest absolute Gasteiger partial charge is 0.491 e. The first-order chi connectivity index (χ1) is 8.28. The second-order valence-electron chi connectivity index (χ2n) is 3.87. The van der Waals surface area contributed by atoms with Crippen molar-refractivity contribution in [1.29, 1.82) is 0 Å². The van der Waals surface area contributed by atoms with Crippen LogP contribution in [0.2, 0.25) is 0 Å². The van der Waals surface area contributed by atoms with E-state index < -0.39 is 0 Å². The Morgan fingerprint density at radius 3 is 2.65 bits per heavy atom. The van der Waals surface area contributed by atoms with Crippen molar-refractivity contribution in [2.45, 2.75) is 12.2 Å². The molecule has 0 spiro atoms. The standard InChI is InChI=1S/C12H15BrO4/c13-9-1-3-10(4-2-9)16-8-12-7-15-6-11(5-14)17-12/h1-4,11-12,14H,5-8H2/t11-,12-/m0/s1. The highest BCUT2D eigenvalue weighted by molar-refractivity contribution is 9.10. The Bertz CT molecular complexity index is 341. The molecule has 1 aromatic carbocycles. The van der Waals surface area contributed by atoms with E-state index in [-0.39, 0.29) is 18.8 Å². The van der Waals surface area contributed by atoms with E-state index in [1.54, 1.807) is 0 Å². The molecule has 1 aliphatic rings. The molecular formula is C12H15BrO4. The fourth-order valence-corrected chi connectivity index (χ4v) is 1.85. The van der Waals surface area contributed by atoms with Crippen molar-refractivity contribution in [2.24, 2.45) is 0 Å². The summed E-state index contributed by atoms with van der Waals surface area (Å²) in [5.41, 5.74) is 0. The van der Waals surface area contributed by atoms with Crippen molar-refractivity contribution in [3.05, 3.63) is 28.7 Å². The number of halogens is 1. The predicted octanol–water partition coefficient (Wildman–Crippen LogP) is 1.60. The summed E-state index contributed by atoms with van der Waals surface area (Å²) in [6, 6.07) is 7.61. The normalized spacial score (nSPS) is 24.6. The third-order valence-corrected chi connectivity index (χ3v) is 2.97. The summed E-state index contributed by atoms with van der Waals surface area (Å²) >= 11 is 3.36. The number of aliphatic hydroxyl groups excluding tert-OH is 1. The lowest BCUT2D eigenvalue weighted by Crippen LogP contribution is -2.41. The van der Waals surface area contributed by atoms with Gasteiger partial charge in [0, 0.05) is 4.47 Å². The van der Waals surface area contributed by atoms with Gasteiger partial charge in [0.05, 0.1) is 19.8 Å². The molecule has 1 heterocycles. The van der Waals surface area contributed by atoms with Crippen LogP contribution < -0.4 is 4.74 Å². The van der Waals surface area contributed by atoms with Crippen LogP contribution in [0.3, 0.4) is 0 Å². The second-order valence-corrected chi connectivity index (χ2v) is 4.78. The summed E-state index contributed by atoms with van der Waals surface area (Å²) in [4.78, 5) is 0. The lowest BCUT2D eigenvalue weighted by atomic mass is 10.3. The Labute approximate surface area is 109 Å². The Hall–Kier alpha value is -0.620. The Kier molecular flexibility index (Phi) is 4.79. The van der Waals surface area contributed by atoms with Crippen LogP contribution in [-0.4, -0.2) is 43.7 Å². The maximum atomic E-state index is 8.97. The van der Waals surface area contributed by atoms with Crippen LogP contribution in [0, 0.1) is 0 Å². The van der Waals surface area contributed by atoms with Gasteiger partial charge in [-0.2, -0.15) is 0 Å². The van der Waals surface area contributed by atoms with E-state index in [1.165, 1.54) is 0 Å². The highest BCUT2D eigenvalue weighted by Crippen LogP contribution is 2.17. The topological polar surface area (TPSA) is 47.9 Å². The fourth-order valence-electron chi connectivity index (χ4n) is 1.58. The molecule has 0 saturated carbocycles. The zero-order valence-electron chi connectivity index (χ0n) is 9.34. The summed E-state index contributed by atoms with van der Waals surface area (Å²) in [5, 5.41) is 8.97. The van der Waals surface area contributed by atoms with Crippen molar-refractivity contribution in [2.75, 3.05) is 26.4 Å². The van der Waals surface area contributed by atoms with Crippen molar-refractivity contribution < 1.29 is 19.3 Å². The molecule has 0 radical (unpaired) electrons. The summed E-state index contributed by atoms with van der Waals surface area (Å²) < 4.78 is 17.5. The number of ether oxygens (including phenoxy) is 3. The molecule has 94 valence electrons. The maximum absolute atomic E-state index is 8.97. The van der Waals surface area contributed by atoms with Crippen LogP contribution in [0.25, 0.3) is 0 Å². The Morgan fingerprint density at radius 1 is 1.24 bits per heavy atom. The van der Waals surface area contributed by atoms with E-state index in [4.69, 9.17) is 19.3 Å². The van der Waals surface area contributed by atoms with E-state index in [9.17, 15) is 0 Å². The van der Waals surface area contributed by atoms with E-state index in [0.717, 1.165) is 10.2 Å². The summed E-state index contributed by atoms with van der Waals surface area (Å²) in [7, 11) is 0. The van der Waals surface area contributed by atoms with Gasteiger partial charge in [-0.25, -0.2) is 0 Å². The third-order valence-electron chi connectivity index (χ3n) is 2.45. The van der Waals surface area contributed by atoms with Crippen LogP contribution in [0.1, 0.15) is 0 Å². The average Bonchev–Trinajstić information content (AvgIpc) is 2.38. The zero-order chi connectivity index (χ0) is 12.1. The summed E-state index contributed by atoms with van der Waals surface area (Å²) in [6.07, 6.45) is -0.355. The molecule has 2 atom stereocenters. The number of aliphatic hydroxyl groups is 1. The molecule has 1 saturated heterocycles. The van der Waals surface area contributed by atoms with Gasteiger partial charge in [0.15, 0.2) is 0 Å². The molecule has 4 nitrogen and oxygen atoms in total. The lowest BCUT2D eigenvalue weighted by molar-refractivity contribution is -0.158. The number of hydrogen-bond donors (Lipinski definition) is 1. The molecule has 0 unspecified atom stereocenters. The van der Waals surface area contributed by atoms with Crippen molar-refractivity contribution >= 4 is 15.9 Å². The zero-order valence-corrected chi connectivity index (χ0v) is 10.9. The first-order valence-electron chi connectivity index (χ1n) is 5.50. The summed E-state index contributed by atoms with van der Waals surface area (Å²) in [5.74, 6) is 0.794. The molecule has 1 aromatic rings. The van der Waals surface area contributed by atoms with Gasteiger partial charge in [-0.05, 0) is 24.3 Å². The molecule has 5 heteroatoms. The van der Waals surface area contributed by atoms with Gasteiger partial charge in [-0.1, -0.05) is 15.9 Å². The number of hydrogen-bond acceptors (Lipinski definition) is 4. The molecule has 2 rings (SSSR count). The Balaban J connectivity index is 1.79. The molecule has 1 N–H and O–H groups in total. The van der Waals surface area contributed by atoms with Crippen LogP contribution in [-0.2, 0) is 9.47 Å². The highest BCUT2D eigenvalue weighted by Gasteiger charge is 2.22. The second kappa shape index (κ2) is 6.35. The number of rotatable bonds is 4. The molecule has 0 aromatic heterocycles. The van der Waals surface area contributed by atoms with E-state index in [1.807, 2.05) is 24.3 Å². The monoisotopic (exact) mass is 302 g/mol. The molecule has 17 heavy (non-hydrogen) atoms.